The Morgan fingerprint density at radius 1 is 1.13 bits per heavy atom. The number of nitrogens with zero attached hydrogens (tertiary/aromatic N) is 2. The van der Waals surface area contributed by atoms with Crippen LogP contribution >= 0.6 is 0 Å². The number of ketones is 1. The molecule has 1 unspecified atom stereocenters. The molecule has 2 rings (SSSR count). The van der Waals surface area contributed by atoms with Crippen molar-refractivity contribution < 1.29 is 9.53 Å². The second kappa shape index (κ2) is 2.82. The van der Waals surface area contributed by atoms with Gasteiger partial charge in [0, 0.05) is 14.1 Å². The third-order valence-electron chi connectivity index (χ3n) is 2.51. The summed E-state index contributed by atoms with van der Waals surface area (Å²) >= 11 is 0. The molecular formula is C9H10N2O4. The second-order valence-electron chi connectivity index (χ2n) is 3.51. The molecule has 0 saturated heterocycles. The first kappa shape index (κ1) is 9.70. The van der Waals surface area contributed by atoms with Crippen molar-refractivity contribution in [2.75, 3.05) is 0 Å². The highest BCUT2D eigenvalue weighted by atomic mass is 16.5. The Labute approximate surface area is 84.7 Å². The van der Waals surface area contributed by atoms with E-state index in [-0.39, 0.29) is 17.2 Å². The molecule has 2 heterocycles. The fourth-order valence-corrected chi connectivity index (χ4v) is 1.60. The van der Waals surface area contributed by atoms with E-state index in [0.717, 1.165) is 9.13 Å². The van der Waals surface area contributed by atoms with Gasteiger partial charge in [0.1, 0.15) is 5.56 Å². The average molecular weight is 210 g/mol. The number of fused-ring (bicyclic) bond motifs is 1. The van der Waals surface area contributed by atoms with E-state index in [1.165, 1.54) is 14.1 Å². The zero-order valence-electron chi connectivity index (χ0n) is 8.60. The number of rotatable bonds is 0. The maximum atomic E-state index is 11.6. The Kier molecular flexibility index (Phi) is 1.82. The van der Waals surface area contributed by atoms with Gasteiger partial charge in [-0.2, -0.15) is 0 Å². The number of hydrogen-bond donors (Lipinski definition) is 0. The minimum atomic E-state index is -0.694. The van der Waals surface area contributed by atoms with Crippen LogP contribution in [0.4, 0.5) is 0 Å². The van der Waals surface area contributed by atoms with Gasteiger partial charge in [0.15, 0.2) is 6.10 Å². The summed E-state index contributed by atoms with van der Waals surface area (Å²) in [5.41, 5.74) is -1.13. The molecular weight excluding hydrogens is 200 g/mol. The Bertz CT molecular complexity index is 567. The van der Waals surface area contributed by atoms with Gasteiger partial charge in [0.2, 0.25) is 11.7 Å². The number of carbonyl (C=O) groups is 1. The lowest BCUT2D eigenvalue weighted by Gasteiger charge is -2.07. The monoisotopic (exact) mass is 210 g/mol. The highest BCUT2D eigenvalue weighted by Gasteiger charge is 2.35. The summed E-state index contributed by atoms with van der Waals surface area (Å²) < 4.78 is 7.23. The first-order valence-electron chi connectivity index (χ1n) is 4.46. The molecule has 6 nitrogen and oxygen atoms in total. The summed E-state index contributed by atoms with van der Waals surface area (Å²) in [5.74, 6) is -0.304. The first-order valence-corrected chi connectivity index (χ1v) is 4.46. The largest absolute Gasteiger partial charge is 0.467 e. The van der Waals surface area contributed by atoms with Crippen molar-refractivity contribution >= 4 is 5.78 Å². The Morgan fingerprint density at radius 3 is 2.33 bits per heavy atom. The van der Waals surface area contributed by atoms with Crippen LogP contribution in [0.3, 0.4) is 0 Å². The summed E-state index contributed by atoms with van der Waals surface area (Å²) in [4.78, 5) is 34.7. The quantitative estimate of drug-likeness (QED) is 0.553. The molecule has 0 saturated carbocycles. The Hall–Kier alpha value is -1.85. The average Bonchev–Trinajstić information content (AvgIpc) is 2.50. The van der Waals surface area contributed by atoms with E-state index in [1.54, 1.807) is 6.92 Å². The van der Waals surface area contributed by atoms with Crippen molar-refractivity contribution in [3.8, 4) is 5.88 Å². The van der Waals surface area contributed by atoms with E-state index in [2.05, 4.69) is 0 Å². The predicted molar refractivity (Wildman–Crippen MR) is 51.3 cm³/mol. The van der Waals surface area contributed by atoms with Crippen molar-refractivity contribution in [2.45, 2.75) is 13.0 Å². The SMILES string of the molecule is CC1Oc2c(c(=O)n(C)c(=O)n2C)C1=O. The maximum Gasteiger partial charge on any atom is 0.333 e. The van der Waals surface area contributed by atoms with Gasteiger partial charge in [-0.15, -0.1) is 0 Å². The van der Waals surface area contributed by atoms with Crippen LogP contribution in [-0.2, 0) is 14.1 Å². The fraction of sp³-hybridized carbons (Fsp3) is 0.444. The molecule has 1 aliphatic rings. The smallest absolute Gasteiger partial charge is 0.333 e. The summed E-state index contributed by atoms with van der Waals surface area (Å²) in [6, 6.07) is 0. The number of aromatic nitrogens is 2. The normalized spacial score (nSPS) is 18.9. The van der Waals surface area contributed by atoms with E-state index in [9.17, 15) is 14.4 Å². The molecule has 0 aliphatic carbocycles. The van der Waals surface area contributed by atoms with Crippen molar-refractivity contribution in [1.29, 1.82) is 0 Å². The minimum absolute atomic E-state index is 0.0351. The van der Waals surface area contributed by atoms with Gasteiger partial charge in [-0.1, -0.05) is 0 Å². The van der Waals surface area contributed by atoms with Gasteiger partial charge in [-0.05, 0) is 6.92 Å². The van der Waals surface area contributed by atoms with Crippen LogP contribution in [0.2, 0.25) is 0 Å². The van der Waals surface area contributed by atoms with E-state index in [0.29, 0.717) is 0 Å². The van der Waals surface area contributed by atoms with Crippen LogP contribution in [0.5, 0.6) is 5.88 Å². The van der Waals surface area contributed by atoms with Crippen LogP contribution in [0.1, 0.15) is 17.3 Å². The molecule has 0 N–H and O–H groups in total. The van der Waals surface area contributed by atoms with E-state index in [4.69, 9.17) is 4.74 Å². The zero-order chi connectivity index (χ0) is 11.3. The van der Waals surface area contributed by atoms with Crippen molar-refractivity contribution in [2.24, 2.45) is 14.1 Å². The molecule has 1 aromatic rings. The van der Waals surface area contributed by atoms with Crippen LogP contribution < -0.4 is 16.0 Å². The lowest BCUT2D eigenvalue weighted by atomic mass is 10.2. The summed E-state index contributed by atoms with van der Waals surface area (Å²) in [5, 5.41) is 0. The molecule has 6 heteroatoms. The number of carbonyl (C=O) groups excluding carboxylic acids is 1. The molecule has 0 spiro atoms. The highest BCUT2D eigenvalue weighted by molar-refractivity contribution is 6.03. The lowest BCUT2D eigenvalue weighted by molar-refractivity contribution is 0.0873. The van der Waals surface area contributed by atoms with Crippen LogP contribution in [0.25, 0.3) is 0 Å². The molecule has 80 valence electrons. The first-order chi connectivity index (χ1) is 6.95. The molecule has 0 radical (unpaired) electrons. The van der Waals surface area contributed by atoms with Gasteiger partial charge < -0.3 is 4.74 Å². The molecule has 1 aliphatic heterocycles. The van der Waals surface area contributed by atoms with Gasteiger partial charge in [-0.25, -0.2) is 4.79 Å². The van der Waals surface area contributed by atoms with E-state index >= 15 is 0 Å². The van der Waals surface area contributed by atoms with Crippen molar-refractivity contribution in [1.82, 2.24) is 9.13 Å². The Morgan fingerprint density at radius 2 is 1.73 bits per heavy atom. The minimum Gasteiger partial charge on any atom is -0.467 e. The summed E-state index contributed by atoms with van der Waals surface area (Å²) in [6.07, 6.45) is -0.694. The second-order valence-corrected chi connectivity index (χ2v) is 3.51. The van der Waals surface area contributed by atoms with Crippen molar-refractivity contribution in [3.63, 3.8) is 0 Å². The lowest BCUT2D eigenvalue weighted by Crippen LogP contribution is -2.38. The number of ether oxygens (including phenoxy) is 1. The third-order valence-corrected chi connectivity index (χ3v) is 2.51. The number of Topliss-reactive ketones (excluding diaryl/α,β-unsaturated/α-hetero) is 1. The van der Waals surface area contributed by atoms with Crippen LogP contribution in [-0.4, -0.2) is 21.0 Å². The van der Waals surface area contributed by atoms with E-state index in [1.807, 2.05) is 0 Å². The molecule has 1 atom stereocenters. The van der Waals surface area contributed by atoms with Crippen LogP contribution in [0, 0.1) is 0 Å². The van der Waals surface area contributed by atoms with Crippen molar-refractivity contribution in [3.05, 3.63) is 26.4 Å². The van der Waals surface area contributed by atoms with Gasteiger partial charge in [-0.3, -0.25) is 18.7 Å². The van der Waals surface area contributed by atoms with E-state index < -0.39 is 17.4 Å². The molecule has 15 heavy (non-hydrogen) atoms. The van der Waals surface area contributed by atoms with Gasteiger partial charge >= 0.3 is 5.69 Å². The standard InChI is InChI=1S/C9H10N2O4/c1-4-6(12)5-7(13)10(2)9(14)11(3)8(5)15-4/h4H,1-3H3. The van der Waals surface area contributed by atoms with Gasteiger partial charge in [0.05, 0.1) is 0 Å². The highest BCUT2D eigenvalue weighted by Crippen LogP contribution is 2.23. The van der Waals surface area contributed by atoms with Gasteiger partial charge in [0.25, 0.3) is 5.56 Å². The Balaban J connectivity index is 2.93. The fourth-order valence-electron chi connectivity index (χ4n) is 1.60. The third kappa shape index (κ3) is 1.07. The predicted octanol–water partition coefficient (Wildman–Crippen LogP) is -0.952. The molecule has 0 bridgehead atoms. The summed E-state index contributed by atoms with van der Waals surface area (Å²) in [6.45, 7) is 1.55. The summed E-state index contributed by atoms with van der Waals surface area (Å²) in [7, 11) is 2.80. The maximum absolute atomic E-state index is 11.6. The molecule has 0 fully saturated rings. The molecule has 0 amide bonds. The molecule has 0 aromatic carbocycles. The number of hydrogen-bond acceptors (Lipinski definition) is 4. The topological polar surface area (TPSA) is 70.3 Å². The zero-order valence-corrected chi connectivity index (χ0v) is 8.60. The van der Waals surface area contributed by atoms with Crippen LogP contribution in [0.15, 0.2) is 9.59 Å². The molecule has 1 aromatic heterocycles.